The third-order valence-corrected chi connectivity index (χ3v) is 8.03. The van der Waals surface area contributed by atoms with Crippen LogP contribution in [0, 0.1) is 0 Å². The molecule has 1 amide bonds. The lowest BCUT2D eigenvalue weighted by Gasteiger charge is -2.19. The zero-order valence-corrected chi connectivity index (χ0v) is 19.5. The van der Waals surface area contributed by atoms with Crippen molar-refractivity contribution in [1.82, 2.24) is 9.55 Å². The van der Waals surface area contributed by atoms with Gasteiger partial charge in [-0.1, -0.05) is 17.8 Å². The van der Waals surface area contributed by atoms with Crippen molar-refractivity contribution in [1.29, 1.82) is 0 Å². The van der Waals surface area contributed by atoms with Gasteiger partial charge in [-0.15, -0.1) is 22.7 Å². The van der Waals surface area contributed by atoms with E-state index in [-0.39, 0.29) is 23.9 Å². The molecule has 5 rings (SSSR count). The van der Waals surface area contributed by atoms with E-state index in [4.69, 9.17) is 4.74 Å². The fraction of sp³-hybridized carbons (Fsp3) is 0.182. The van der Waals surface area contributed by atoms with Gasteiger partial charge in [0, 0.05) is 28.4 Å². The van der Waals surface area contributed by atoms with Gasteiger partial charge in [0.1, 0.15) is 10.6 Å². The minimum Gasteiger partial charge on any atom is -0.482 e. The van der Waals surface area contributed by atoms with Gasteiger partial charge in [-0.05, 0) is 36.6 Å². The summed E-state index contributed by atoms with van der Waals surface area (Å²) in [5.74, 6) is 0.155. The Balaban J connectivity index is 1.44. The van der Waals surface area contributed by atoms with Gasteiger partial charge in [-0.2, -0.15) is 0 Å². The average molecular weight is 484 g/mol. The normalized spacial score (nSPS) is 14.0. The van der Waals surface area contributed by atoms with Gasteiger partial charge in [0.15, 0.2) is 17.5 Å². The molecule has 1 N–H and O–H groups in total. The predicted octanol–water partition coefficient (Wildman–Crippen LogP) is 4.42. The molecule has 0 fully saturated rings. The molecule has 162 valence electrons. The number of nitrogens with one attached hydrogen (secondary N) is 1. The fourth-order valence-corrected chi connectivity index (χ4v) is 6.21. The van der Waals surface area contributed by atoms with Gasteiger partial charge in [0.25, 0.3) is 11.5 Å². The molecule has 4 aromatic rings. The van der Waals surface area contributed by atoms with Crippen LogP contribution in [0.15, 0.2) is 51.0 Å². The summed E-state index contributed by atoms with van der Waals surface area (Å²) in [6, 6.07) is 8.92. The topological polar surface area (TPSA) is 90.3 Å². The van der Waals surface area contributed by atoms with Crippen LogP contribution in [-0.4, -0.2) is 33.1 Å². The van der Waals surface area contributed by atoms with Gasteiger partial charge in [0.05, 0.1) is 16.3 Å². The highest BCUT2D eigenvalue weighted by Crippen LogP contribution is 2.35. The zero-order chi connectivity index (χ0) is 22.4. The Morgan fingerprint density at radius 3 is 2.91 bits per heavy atom. The summed E-state index contributed by atoms with van der Waals surface area (Å²) in [6.07, 6.45) is 0. The summed E-state index contributed by atoms with van der Waals surface area (Å²) in [6.45, 7) is 1.75. The smallest absolute Gasteiger partial charge is 0.263 e. The molecule has 1 aliphatic heterocycles. The number of anilines is 1. The van der Waals surface area contributed by atoms with Crippen molar-refractivity contribution in [3.63, 3.8) is 0 Å². The van der Waals surface area contributed by atoms with Crippen LogP contribution in [0.2, 0.25) is 0 Å². The lowest BCUT2D eigenvalue weighted by Crippen LogP contribution is -2.26. The highest BCUT2D eigenvalue weighted by molar-refractivity contribution is 8.00. The van der Waals surface area contributed by atoms with E-state index in [1.807, 2.05) is 22.9 Å². The largest absolute Gasteiger partial charge is 0.482 e. The van der Waals surface area contributed by atoms with Gasteiger partial charge in [-0.25, -0.2) is 4.98 Å². The van der Waals surface area contributed by atoms with Crippen LogP contribution in [-0.2, 0) is 11.8 Å². The summed E-state index contributed by atoms with van der Waals surface area (Å²) >= 11 is 4.25. The van der Waals surface area contributed by atoms with Crippen molar-refractivity contribution in [2.45, 2.75) is 17.3 Å². The first-order valence-electron chi connectivity index (χ1n) is 9.72. The molecule has 0 saturated heterocycles. The Labute approximate surface area is 195 Å². The van der Waals surface area contributed by atoms with Crippen molar-refractivity contribution >= 4 is 62.0 Å². The molecule has 0 bridgehead atoms. The Hall–Kier alpha value is -2.95. The van der Waals surface area contributed by atoms with E-state index in [1.165, 1.54) is 27.7 Å². The Morgan fingerprint density at radius 1 is 1.28 bits per heavy atom. The third-order valence-electron chi connectivity index (χ3n) is 5.11. The second-order valence-electron chi connectivity index (χ2n) is 7.24. The number of thiophene rings is 2. The number of hydrogen-bond acceptors (Lipinski definition) is 8. The molecule has 1 atom stereocenters. The van der Waals surface area contributed by atoms with E-state index in [2.05, 4.69) is 10.3 Å². The number of nitrogens with zero attached hydrogens (tertiary/aromatic N) is 2. The van der Waals surface area contributed by atoms with E-state index in [9.17, 15) is 14.4 Å². The standard InChI is InChI=1S/C22H17N3O4S3/c1-11(19(27)12-5-6-15-14(8-12)23-17(26)9-29-15)32-22-24-20-18(21(28)25(22)2)13(10-31-20)16-4-3-7-30-16/h3-8,10-11H,9H2,1-2H3,(H,23,26). The second kappa shape index (κ2) is 8.19. The van der Waals surface area contributed by atoms with Gasteiger partial charge < -0.3 is 10.1 Å². The quantitative estimate of drug-likeness (QED) is 0.257. The van der Waals surface area contributed by atoms with Crippen LogP contribution in [0.3, 0.4) is 0 Å². The number of carbonyl (C=O) groups excluding carboxylic acids is 2. The van der Waals surface area contributed by atoms with Crippen molar-refractivity contribution in [2.24, 2.45) is 7.05 Å². The van der Waals surface area contributed by atoms with Crippen LogP contribution < -0.4 is 15.6 Å². The van der Waals surface area contributed by atoms with E-state index < -0.39 is 5.25 Å². The van der Waals surface area contributed by atoms with Crippen LogP contribution in [0.1, 0.15) is 17.3 Å². The maximum Gasteiger partial charge on any atom is 0.263 e. The van der Waals surface area contributed by atoms with Crippen LogP contribution in [0.4, 0.5) is 5.69 Å². The number of fused-ring (bicyclic) bond motifs is 2. The average Bonchev–Trinajstić information content (AvgIpc) is 3.46. The molecule has 1 aliphatic rings. The van der Waals surface area contributed by atoms with Crippen LogP contribution in [0.5, 0.6) is 5.75 Å². The van der Waals surface area contributed by atoms with Gasteiger partial charge in [0.2, 0.25) is 0 Å². The lowest BCUT2D eigenvalue weighted by atomic mass is 10.1. The summed E-state index contributed by atoms with van der Waals surface area (Å²) in [7, 11) is 1.68. The van der Waals surface area contributed by atoms with E-state index in [0.29, 0.717) is 32.4 Å². The predicted molar refractivity (Wildman–Crippen MR) is 128 cm³/mol. The van der Waals surface area contributed by atoms with Crippen LogP contribution in [0.25, 0.3) is 20.7 Å². The van der Waals surface area contributed by atoms with Crippen molar-refractivity contribution < 1.29 is 14.3 Å². The van der Waals surface area contributed by atoms with Crippen molar-refractivity contribution in [3.05, 3.63) is 57.0 Å². The first-order valence-corrected chi connectivity index (χ1v) is 12.4. The first kappa shape index (κ1) is 20.9. The lowest BCUT2D eigenvalue weighted by molar-refractivity contribution is -0.118. The summed E-state index contributed by atoms with van der Waals surface area (Å²) in [5.41, 5.74) is 1.70. The highest BCUT2D eigenvalue weighted by atomic mass is 32.2. The molecule has 10 heteroatoms. The molecule has 4 heterocycles. The molecule has 0 spiro atoms. The number of thioether (sulfide) groups is 1. The van der Waals surface area contributed by atoms with E-state index in [1.54, 1.807) is 43.5 Å². The van der Waals surface area contributed by atoms with Crippen LogP contribution >= 0.6 is 34.4 Å². The second-order valence-corrected chi connectivity index (χ2v) is 10.4. The number of rotatable bonds is 5. The Morgan fingerprint density at radius 2 is 2.12 bits per heavy atom. The summed E-state index contributed by atoms with van der Waals surface area (Å²) in [4.78, 5) is 44.1. The molecule has 0 saturated carbocycles. The number of carbonyl (C=O) groups is 2. The van der Waals surface area contributed by atoms with E-state index in [0.717, 1.165) is 10.4 Å². The summed E-state index contributed by atoms with van der Waals surface area (Å²) < 4.78 is 6.85. The molecule has 32 heavy (non-hydrogen) atoms. The number of ketones is 1. The number of amides is 1. The molecular weight excluding hydrogens is 466 g/mol. The Kier molecular flexibility index (Phi) is 5.36. The van der Waals surface area contributed by atoms with Gasteiger partial charge in [-0.3, -0.25) is 19.0 Å². The minimum absolute atomic E-state index is 0.0361. The molecule has 0 radical (unpaired) electrons. The molecular formula is C22H17N3O4S3. The maximum atomic E-state index is 13.1. The fourth-order valence-electron chi connectivity index (χ4n) is 3.45. The van der Waals surface area contributed by atoms with Crippen molar-refractivity contribution in [3.8, 4) is 16.2 Å². The molecule has 1 aromatic carbocycles. The summed E-state index contributed by atoms with van der Waals surface area (Å²) in [5, 5.41) is 7.25. The zero-order valence-electron chi connectivity index (χ0n) is 17.1. The number of hydrogen-bond donors (Lipinski definition) is 1. The number of benzene rings is 1. The first-order chi connectivity index (χ1) is 15.4. The van der Waals surface area contributed by atoms with Crippen molar-refractivity contribution in [2.75, 3.05) is 11.9 Å². The molecule has 0 aliphatic carbocycles. The third kappa shape index (κ3) is 3.64. The number of aromatic nitrogens is 2. The number of ether oxygens (including phenoxy) is 1. The molecule has 1 unspecified atom stereocenters. The maximum absolute atomic E-state index is 13.1. The minimum atomic E-state index is -0.486. The number of Topliss-reactive ketones (excluding diaryl/α,β-unsaturated/α-hetero) is 1. The molecule has 7 nitrogen and oxygen atoms in total. The SMILES string of the molecule is CC(Sc1nc2scc(-c3cccs3)c2c(=O)n1C)C(=O)c1ccc2c(c1)NC(=O)CO2. The molecule has 3 aromatic heterocycles. The monoisotopic (exact) mass is 483 g/mol. The van der Waals surface area contributed by atoms with E-state index >= 15 is 0 Å². The van der Waals surface area contributed by atoms with Gasteiger partial charge >= 0.3 is 0 Å². The Bertz CT molecular complexity index is 1420. The highest BCUT2D eigenvalue weighted by Gasteiger charge is 2.24.